The molecule has 0 bridgehead atoms. The van der Waals surface area contributed by atoms with Crippen molar-refractivity contribution in [2.45, 2.75) is 6.92 Å². The second-order valence-electron chi connectivity index (χ2n) is 3.68. The molecular weight excluding hydrogens is 268 g/mol. The number of esters is 1. The van der Waals surface area contributed by atoms with Crippen molar-refractivity contribution in [2.75, 3.05) is 19.0 Å². The third-order valence-electron chi connectivity index (χ3n) is 2.45. The number of nitrogens with zero attached hydrogens (tertiary/aromatic N) is 3. The van der Waals surface area contributed by atoms with Crippen molar-refractivity contribution < 1.29 is 9.53 Å². The number of hydrogen-bond acceptors (Lipinski definition) is 5. The third kappa shape index (κ3) is 2.85. The van der Waals surface area contributed by atoms with Gasteiger partial charge in [0.25, 0.3) is 0 Å². The van der Waals surface area contributed by atoms with Crippen LogP contribution < -0.4 is 5.32 Å². The number of ether oxygens (including phenoxy) is 1. The molecule has 0 amide bonds. The Morgan fingerprint density at radius 2 is 2.32 bits per heavy atom. The molecule has 1 aromatic carbocycles. The zero-order valence-electron chi connectivity index (χ0n) is 10.6. The summed E-state index contributed by atoms with van der Waals surface area (Å²) in [6.07, 6.45) is 1.50. The fraction of sp³-hybridized carbons (Fsp3) is 0.250. The molecule has 0 fully saturated rings. The van der Waals surface area contributed by atoms with Gasteiger partial charge in [-0.2, -0.15) is 0 Å². The van der Waals surface area contributed by atoms with Crippen LogP contribution in [-0.4, -0.2) is 34.6 Å². The molecule has 0 spiro atoms. The molecule has 0 radical (unpaired) electrons. The zero-order valence-corrected chi connectivity index (χ0v) is 11.3. The van der Waals surface area contributed by atoms with Crippen LogP contribution in [0.5, 0.6) is 0 Å². The molecule has 19 heavy (non-hydrogen) atoms. The first-order chi connectivity index (χ1) is 9.15. The lowest BCUT2D eigenvalue weighted by Crippen LogP contribution is -2.04. The quantitative estimate of drug-likeness (QED) is 0.869. The van der Waals surface area contributed by atoms with Crippen molar-refractivity contribution in [1.29, 1.82) is 0 Å². The molecule has 6 nitrogen and oxygen atoms in total. The van der Waals surface area contributed by atoms with Gasteiger partial charge in [-0.05, 0) is 25.1 Å². The van der Waals surface area contributed by atoms with Crippen molar-refractivity contribution in [1.82, 2.24) is 15.0 Å². The Kier molecular flexibility index (Phi) is 4.01. The maximum absolute atomic E-state index is 11.5. The summed E-state index contributed by atoms with van der Waals surface area (Å²) in [6.45, 7) is 2.03. The lowest BCUT2D eigenvalue weighted by atomic mass is 10.2. The van der Waals surface area contributed by atoms with E-state index in [1.807, 2.05) is 6.07 Å². The minimum atomic E-state index is -0.498. The normalized spacial score (nSPS) is 10.3. The number of aromatic nitrogens is 3. The molecule has 0 aliphatic heterocycles. The number of benzene rings is 1. The summed E-state index contributed by atoms with van der Waals surface area (Å²) in [4.78, 5) is 11.5. The van der Waals surface area contributed by atoms with Gasteiger partial charge in [0.05, 0.1) is 24.2 Å². The summed E-state index contributed by atoms with van der Waals surface area (Å²) in [5, 5.41) is 11.3. The van der Waals surface area contributed by atoms with Crippen LogP contribution in [0.25, 0.3) is 5.69 Å². The molecule has 2 rings (SSSR count). The van der Waals surface area contributed by atoms with E-state index in [4.69, 9.17) is 16.3 Å². The summed E-state index contributed by atoms with van der Waals surface area (Å²) in [5.41, 5.74) is 1.69. The fourth-order valence-corrected chi connectivity index (χ4v) is 1.75. The van der Waals surface area contributed by atoms with Crippen molar-refractivity contribution in [3.05, 3.63) is 35.1 Å². The molecule has 1 N–H and O–H groups in total. The van der Waals surface area contributed by atoms with Gasteiger partial charge in [-0.25, -0.2) is 9.48 Å². The number of anilines is 1. The monoisotopic (exact) mass is 280 g/mol. The maximum atomic E-state index is 11.5. The van der Waals surface area contributed by atoms with E-state index in [0.29, 0.717) is 17.3 Å². The van der Waals surface area contributed by atoms with Gasteiger partial charge in [-0.1, -0.05) is 16.8 Å². The Balaban J connectivity index is 2.37. The molecule has 1 aromatic heterocycles. The largest absolute Gasteiger partial charge is 0.461 e. The Morgan fingerprint density at radius 1 is 1.53 bits per heavy atom. The molecule has 7 heteroatoms. The van der Waals surface area contributed by atoms with Gasteiger partial charge in [-0.3, -0.25) is 0 Å². The van der Waals surface area contributed by atoms with Crippen molar-refractivity contribution in [2.24, 2.45) is 0 Å². The molecule has 0 atom stereocenters. The number of nitrogens with one attached hydrogen (secondary N) is 1. The Morgan fingerprint density at radius 3 is 3.00 bits per heavy atom. The maximum Gasteiger partial charge on any atom is 0.360 e. The smallest absolute Gasteiger partial charge is 0.360 e. The molecule has 0 saturated heterocycles. The topological polar surface area (TPSA) is 69.0 Å². The molecule has 0 saturated carbocycles. The van der Waals surface area contributed by atoms with Crippen LogP contribution in [0.2, 0.25) is 5.02 Å². The first kappa shape index (κ1) is 13.4. The van der Waals surface area contributed by atoms with E-state index >= 15 is 0 Å². The van der Waals surface area contributed by atoms with E-state index in [2.05, 4.69) is 15.6 Å². The summed E-state index contributed by atoms with van der Waals surface area (Å²) in [6, 6.07) is 5.32. The highest BCUT2D eigenvalue weighted by molar-refractivity contribution is 6.30. The van der Waals surface area contributed by atoms with Crippen LogP contribution in [-0.2, 0) is 4.74 Å². The molecule has 0 aliphatic carbocycles. The Labute approximate surface area is 115 Å². The fourth-order valence-electron chi connectivity index (χ4n) is 1.59. The number of rotatable bonds is 4. The van der Waals surface area contributed by atoms with Crippen LogP contribution in [0.3, 0.4) is 0 Å². The number of halogens is 1. The van der Waals surface area contributed by atoms with Gasteiger partial charge >= 0.3 is 5.97 Å². The standard InChI is InChI=1S/C12H13ClN4O2/c1-3-19-12(18)10-7-17(16-15-10)11-6-8(13)4-5-9(11)14-2/h4-7,14H,3H2,1-2H3. The second kappa shape index (κ2) is 5.71. The van der Waals surface area contributed by atoms with Gasteiger partial charge in [0, 0.05) is 12.1 Å². The highest BCUT2D eigenvalue weighted by Gasteiger charge is 2.14. The summed E-state index contributed by atoms with van der Waals surface area (Å²) in [7, 11) is 1.79. The average molecular weight is 281 g/mol. The predicted octanol–water partition coefficient (Wildman–Crippen LogP) is 2.14. The van der Waals surface area contributed by atoms with Gasteiger partial charge in [0.15, 0.2) is 5.69 Å². The second-order valence-corrected chi connectivity index (χ2v) is 4.12. The van der Waals surface area contributed by atoms with Crippen molar-refractivity contribution in [3.63, 3.8) is 0 Å². The molecule has 100 valence electrons. The lowest BCUT2D eigenvalue weighted by molar-refractivity contribution is 0.0519. The van der Waals surface area contributed by atoms with Gasteiger partial charge in [0.2, 0.25) is 0 Å². The number of hydrogen-bond donors (Lipinski definition) is 1. The Bertz CT molecular complexity index is 597. The number of carbonyl (C=O) groups is 1. The molecule has 2 aromatic rings. The van der Waals surface area contributed by atoms with E-state index < -0.39 is 5.97 Å². The minimum absolute atomic E-state index is 0.156. The first-order valence-corrected chi connectivity index (χ1v) is 6.10. The summed E-state index contributed by atoms with van der Waals surface area (Å²) < 4.78 is 6.34. The molecular formula is C12H13ClN4O2. The van der Waals surface area contributed by atoms with Gasteiger partial charge in [-0.15, -0.1) is 5.10 Å². The van der Waals surface area contributed by atoms with Crippen LogP contribution >= 0.6 is 11.6 Å². The average Bonchev–Trinajstić information content (AvgIpc) is 2.88. The highest BCUT2D eigenvalue weighted by Crippen LogP contribution is 2.23. The SMILES string of the molecule is CCOC(=O)c1cn(-c2cc(Cl)ccc2NC)nn1. The van der Waals surface area contributed by atoms with Crippen LogP contribution in [0.15, 0.2) is 24.4 Å². The third-order valence-corrected chi connectivity index (χ3v) is 2.69. The highest BCUT2D eigenvalue weighted by atomic mass is 35.5. The predicted molar refractivity (Wildman–Crippen MR) is 71.9 cm³/mol. The van der Waals surface area contributed by atoms with E-state index in [0.717, 1.165) is 5.69 Å². The van der Waals surface area contributed by atoms with Crippen molar-refractivity contribution in [3.8, 4) is 5.69 Å². The van der Waals surface area contributed by atoms with Crippen LogP contribution in [0.1, 0.15) is 17.4 Å². The molecule has 1 heterocycles. The van der Waals surface area contributed by atoms with Crippen molar-refractivity contribution >= 4 is 23.3 Å². The van der Waals surface area contributed by atoms with E-state index in [1.165, 1.54) is 10.9 Å². The summed E-state index contributed by atoms with van der Waals surface area (Å²) >= 11 is 5.96. The molecule has 0 unspecified atom stereocenters. The van der Waals surface area contributed by atoms with E-state index in [-0.39, 0.29) is 5.69 Å². The Hall–Kier alpha value is -2.08. The lowest BCUT2D eigenvalue weighted by Gasteiger charge is -2.08. The number of carbonyl (C=O) groups excluding carboxylic acids is 1. The van der Waals surface area contributed by atoms with Gasteiger partial charge < -0.3 is 10.1 Å². The van der Waals surface area contributed by atoms with Crippen LogP contribution in [0.4, 0.5) is 5.69 Å². The molecule has 0 aliphatic rings. The van der Waals surface area contributed by atoms with Crippen LogP contribution in [0, 0.1) is 0 Å². The summed E-state index contributed by atoms with van der Waals surface area (Å²) in [5.74, 6) is -0.498. The minimum Gasteiger partial charge on any atom is -0.461 e. The van der Waals surface area contributed by atoms with E-state index in [1.54, 1.807) is 26.1 Å². The van der Waals surface area contributed by atoms with E-state index in [9.17, 15) is 4.79 Å². The zero-order chi connectivity index (χ0) is 13.8. The first-order valence-electron chi connectivity index (χ1n) is 5.73. The van der Waals surface area contributed by atoms with Gasteiger partial charge in [0.1, 0.15) is 0 Å².